The summed E-state index contributed by atoms with van der Waals surface area (Å²) in [6, 6.07) is 3.31. The van der Waals surface area contributed by atoms with Crippen molar-refractivity contribution in [2.24, 2.45) is 12.8 Å². The van der Waals surface area contributed by atoms with Gasteiger partial charge in [-0.25, -0.2) is 0 Å². The third kappa shape index (κ3) is 2.30. The third-order valence-corrected chi connectivity index (χ3v) is 4.61. The van der Waals surface area contributed by atoms with E-state index in [1.54, 1.807) is 0 Å². The quantitative estimate of drug-likeness (QED) is 0.893. The number of hydrogen-bond donors (Lipinski definition) is 2. The fourth-order valence-corrected chi connectivity index (χ4v) is 3.16. The first-order chi connectivity index (χ1) is 10.2. The molecular weight excluding hydrogens is 278 g/mol. The lowest BCUT2D eigenvalue weighted by atomic mass is 10.0. The highest BCUT2D eigenvalue weighted by Crippen LogP contribution is 2.34. The van der Waals surface area contributed by atoms with E-state index in [0.717, 1.165) is 24.0 Å². The molecule has 5 nitrogen and oxygen atoms in total. The van der Waals surface area contributed by atoms with E-state index >= 15 is 0 Å². The first-order valence-electron chi connectivity index (χ1n) is 7.52. The molecule has 1 atom stereocenters. The normalized spacial score (nSPS) is 17.0. The second-order valence-electron chi connectivity index (χ2n) is 7.18. The van der Waals surface area contributed by atoms with Crippen LogP contribution in [0.25, 0.3) is 10.9 Å². The Morgan fingerprint density at radius 2 is 1.86 bits per heavy atom. The van der Waals surface area contributed by atoms with Crippen molar-refractivity contribution >= 4 is 16.9 Å². The molecule has 0 saturated heterocycles. The van der Waals surface area contributed by atoms with Crippen molar-refractivity contribution in [1.82, 2.24) is 9.47 Å². The van der Waals surface area contributed by atoms with Crippen molar-refractivity contribution in [1.29, 1.82) is 0 Å². The van der Waals surface area contributed by atoms with Crippen LogP contribution in [0.1, 0.15) is 43.5 Å². The van der Waals surface area contributed by atoms with E-state index in [1.165, 1.54) is 11.1 Å². The fraction of sp³-hybridized carbons (Fsp3) is 0.471. The van der Waals surface area contributed by atoms with Gasteiger partial charge in [-0.1, -0.05) is 0 Å². The Morgan fingerprint density at radius 1 is 1.27 bits per heavy atom. The predicted molar refractivity (Wildman–Crippen MR) is 86.5 cm³/mol. The Balaban J connectivity index is 2.10. The molecule has 3 rings (SSSR count). The standard InChI is InChI=1S/C17H23N3O2/c1-17(2,3)20-7-10-5-12-13(15(18)16(21)22)9-19(4)14(12)6-11(10)8-20/h5-6,9,15H,7-8,18H2,1-4H3,(H,21,22). The molecule has 22 heavy (non-hydrogen) atoms. The molecule has 118 valence electrons. The van der Waals surface area contributed by atoms with Gasteiger partial charge in [-0.15, -0.1) is 0 Å². The van der Waals surface area contributed by atoms with E-state index in [9.17, 15) is 9.90 Å². The van der Waals surface area contributed by atoms with E-state index in [4.69, 9.17) is 5.73 Å². The summed E-state index contributed by atoms with van der Waals surface area (Å²) in [7, 11) is 1.93. The van der Waals surface area contributed by atoms with Crippen LogP contribution in [0, 0.1) is 0 Å². The molecule has 1 aromatic heterocycles. The zero-order valence-electron chi connectivity index (χ0n) is 13.6. The van der Waals surface area contributed by atoms with Crippen LogP contribution in [0.15, 0.2) is 18.3 Å². The minimum atomic E-state index is -0.996. The zero-order chi connectivity index (χ0) is 16.2. The van der Waals surface area contributed by atoms with Crippen molar-refractivity contribution in [2.75, 3.05) is 0 Å². The van der Waals surface area contributed by atoms with Crippen LogP contribution < -0.4 is 5.73 Å². The number of nitrogens with zero attached hydrogens (tertiary/aromatic N) is 2. The summed E-state index contributed by atoms with van der Waals surface area (Å²) in [6.07, 6.45) is 1.83. The van der Waals surface area contributed by atoms with Crippen molar-refractivity contribution in [3.8, 4) is 0 Å². The van der Waals surface area contributed by atoms with Gasteiger partial charge in [-0.3, -0.25) is 9.69 Å². The van der Waals surface area contributed by atoms with Crippen LogP contribution in [0.4, 0.5) is 0 Å². The van der Waals surface area contributed by atoms with Crippen LogP contribution in [0.2, 0.25) is 0 Å². The second kappa shape index (κ2) is 4.83. The molecule has 1 unspecified atom stereocenters. The van der Waals surface area contributed by atoms with Crippen LogP contribution in [0.3, 0.4) is 0 Å². The molecule has 2 heterocycles. The number of aliphatic carboxylic acids is 1. The Kier molecular flexibility index (Phi) is 3.30. The molecular formula is C17H23N3O2. The molecule has 3 N–H and O–H groups in total. The smallest absolute Gasteiger partial charge is 0.325 e. The largest absolute Gasteiger partial charge is 0.480 e. The number of aryl methyl sites for hydroxylation is 1. The molecule has 0 radical (unpaired) electrons. The fourth-order valence-electron chi connectivity index (χ4n) is 3.16. The molecule has 0 amide bonds. The van der Waals surface area contributed by atoms with Crippen molar-refractivity contribution in [3.63, 3.8) is 0 Å². The molecule has 5 heteroatoms. The summed E-state index contributed by atoms with van der Waals surface area (Å²) >= 11 is 0. The maximum atomic E-state index is 11.2. The monoisotopic (exact) mass is 301 g/mol. The summed E-state index contributed by atoms with van der Waals surface area (Å²) in [6.45, 7) is 8.46. The number of hydrogen-bond acceptors (Lipinski definition) is 3. The summed E-state index contributed by atoms with van der Waals surface area (Å²) in [5, 5.41) is 10.2. The zero-order valence-corrected chi connectivity index (χ0v) is 13.6. The van der Waals surface area contributed by atoms with Gasteiger partial charge in [0.25, 0.3) is 0 Å². The summed E-state index contributed by atoms with van der Waals surface area (Å²) in [5.74, 6) is -0.996. The first-order valence-corrected chi connectivity index (χ1v) is 7.52. The van der Waals surface area contributed by atoms with Gasteiger partial charge < -0.3 is 15.4 Å². The van der Waals surface area contributed by atoms with Gasteiger partial charge in [0.2, 0.25) is 0 Å². The molecule has 2 aromatic rings. The number of carbonyl (C=O) groups is 1. The molecule has 0 bridgehead atoms. The predicted octanol–water partition coefficient (Wildman–Crippen LogP) is 2.38. The van der Waals surface area contributed by atoms with Gasteiger partial charge in [0.15, 0.2) is 0 Å². The molecule has 0 spiro atoms. The minimum absolute atomic E-state index is 0.117. The van der Waals surface area contributed by atoms with Gasteiger partial charge in [0.1, 0.15) is 6.04 Å². The number of carboxylic acid groups (broad SMARTS) is 1. The average Bonchev–Trinajstić information content (AvgIpc) is 2.97. The van der Waals surface area contributed by atoms with E-state index in [1.807, 2.05) is 17.8 Å². The van der Waals surface area contributed by atoms with Gasteiger partial charge in [0, 0.05) is 48.3 Å². The summed E-state index contributed by atoms with van der Waals surface area (Å²) in [5.41, 5.74) is 10.3. The van der Waals surface area contributed by atoms with Gasteiger partial charge in [-0.2, -0.15) is 0 Å². The number of carboxylic acids is 1. The van der Waals surface area contributed by atoms with E-state index in [-0.39, 0.29) is 5.54 Å². The van der Waals surface area contributed by atoms with Gasteiger partial charge in [-0.05, 0) is 44.0 Å². The highest BCUT2D eigenvalue weighted by atomic mass is 16.4. The number of aromatic nitrogens is 1. The third-order valence-electron chi connectivity index (χ3n) is 4.61. The Bertz CT molecular complexity index is 755. The number of rotatable bonds is 2. The number of benzene rings is 1. The SMILES string of the molecule is Cn1cc(C(N)C(=O)O)c2cc3c(cc21)CN(C(C)(C)C)C3. The molecule has 0 saturated carbocycles. The number of fused-ring (bicyclic) bond motifs is 2. The Hall–Kier alpha value is -1.85. The highest BCUT2D eigenvalue weighted by molar-refractivity contribution is 5.90. The Labute approximate surface area is 130 Å². The van der Waals surface area contributed by atoms with Gasteiger partial charge in [0.05, 0.1) is 0 Å². The lowest BCUT2D eigenvalue weighted by Crippen LogP contribution is -2.36. The van der Waals surface area contributed by atoms with Crippen molar-refractivity contribution in [3.05, 3.63) is 35.0 Å². The van der Waals surface area contributed by atoms with Crippen LogP contribution in [-0.2, 0) is 24.9 Å². The molecule has 1 aromatic carbocycles. The lowest BCUT2D eigenvalue weighted by molar-refractivity contribution is -0.138. The van der Waals surface area contributed by atoms with Gasteiger partial charge >= 0.3 is 5.97 Å². The summed E-state index contributed by atoms with van der Waals surface area (Å²) < 4.78 is 1.97. The average molecular weight is 301 g/mol. The van der Waals surface area contributed by atoms with Crippen LogP contribution in [-0.4, -0.2) is 26.1 Å². The summed E-state index contributed by atoms with van der Waals surface area (Å²) in [4.78, 5) is 13.7. The van der Waals surface area contributed by atoms with E-state index < -0.39 is 12.0 Å². The lowest BCUT2D eigenvalue weighted by Gasteiger charge is -2.31. The first kappa shape index (κ1) is 15.1. The molecule has 0 aliphatic carbocycles. The molecule has 0 fully saturated rings. The highest BCUT2D eigenvalue weighted by Gasteiger charge is 2.29. The Morgan fingerprint density at radius 3 is 2.41 bits per heavy atom. The van der Waals surface area contributed by atoms with Crippen molar-refractivity contribution in [2.45, 2.75) is 45.4 Å². The maximum Gasteiger partial charge on any atom is 0.325 e. The van der Waals surface area contributed by atoms with Crippen LogP contribution >= 0.6 is 0 Å². The number of nitrogens with two attached hydrogens (primary N) is 1. The molecule has 1 aliphatic heterocycles. The van der Waals surface area contributed by atoms with Crippen LogP contribution in [0.5, 0.6) is 0 Å². The maximum absolute atomic E-state index is 11.2. The molecule has 1 aliphatic rings. The second-order valence-corrected chi connectivity index (χ2v) is 7.18. The van der Waals surface area contributed by atoms with Crippen molar-refractivity contribution < 1.29 is 9.90 Å². The van der Waals surface area contributed by atoms with E-state index in [2.05, 4.69) is 37.8 Å². The van der Waals surface area contributed by atoms with E-state index in [0.29, 0.717) is 5.56 Å². The topological polar surface area (TPSA) is 71.5 Å². The minimum Gasteiger partial charge on any atom is -0.480 e.